The van der Waals surface area contributed by atoms with E-state index in [9.17, 15) is 14.7 Å². The van der Waals surface area contributed by atoms with E-state index in [1.54, 1.807) is 18.2 Å². The third-order valence-corrected chi connectivity index (χ3v) is 4.48. The fraction of sp³-hybridized carbons (Fsp3) is 0.182. The van der Waals surface area contributed by atoms with Gasteiger partial charge in [-0.15, -0.1) is 6.58 Å². The fourth-order valence-electron chi connectivity index (χ4n) is 3.17. The van der Waals surface area contributed by atoms with Gasteiger partial charge in [0.25, 0.3) is 0 Å². The maximum Gasteiger partial charge on any atom is 0.335 e. The first kappa shape index (κ1) is 20.0. The summed E-state index contributed by atoms with van der Waals surface area (Å²) < 4.78 is 21.9. The monoisotopic (exact) mass is 396 g/mol. The average Bonchev–Trinajstić information content (AvgIpc) is 3.03. The Hall–Kier alpha value is -3.74. The van der Waals surface area contributed by atoms with Gasteiger partial charge in [-0.3, -0.25) is 4.79 Å². The largest absolute Gasteiger partial charge is 0.493 e. The summed E-state index contributed by atoms with van der Waals surface area (Å²) in [4.78, 5) is 24.3. The van der Waals surface area contributed by atoms with E-state index in [0.29, 0.717) is 40.5 Å². The summed E-state index contributed by atoms with van der Waals surface area (Å²) in [6.45, 7) is 3.68. The lowest BCUT2D eigenvalue weighted by Crippen LogP contribution is -2.02. The molecule has 1 N–H and O–H groups in total. The molecule has 0 radical (unpaired) electrons. The second-order valence-electron chi connectivity index (χ2n) is 6.17. The molecule has 0 unspecified atom stereocenters. The van der Waals surface area contributed by atoms with Gasteiger partial charge in [0, 0.05) is 11.1 Å². The predicted octanol–water partition coefficient (Wildman–Crippen LogP) is 3.76. The summed E-state index contributed by atoms with van der Waals surface area (Å²) in [6, 6.07) is 6.20. The minimum Gasteiger partial charge on any atom is -0.493 e. The molecular weight excluding hydrogens is 376 g/mol. The molecule has 0 saturated carbocycles. The Balaban J connectivity index is 2.11. The highest BCUT2D eigenvalue weighted by Crippen LogP contribution is 2.42. The number of Topliss-reactive ketones (excluding diaryl/α,β-unsaturated/α-hetero) is 1. The number of hydrogen-bond acceptors (Lipinski definition) is 6. The first-order chi connectivity index (χ1) is 13.9. The van der Waals surface area contributed by atoms with E-state index in [0.717, 1.165) is 0 Å². The molecule has 0 bridgehead atoms. The van der Waals surface area contributed by atoms with Crippen LogP contribution in [0.1, 0.15) is 31.8 Å². The van der Waals surface area contributed by atoms with Crippen molar-refractivity contribution < 1.29 is 33.6 Å². The standard InChI is InChI=1S/C22H20O7/c1-5-6-12-9-14(22(24)25)10-15-18(23)17(29-19(12)15)11-13-7-8-16(26-2)21(28-4)20(13)27-3/h5,7-11H,1,6H2,2-4H3,(H,24,25). The molecule has 0 aromatic heterocycles. The molecule has 0 aliphatic carbocycles. The van der Waals surface area contributed by atoms with Gasteiger partial charge in [-0.1, -0.05) is 6.08 Å². The van der Waals surface area contributed by atoms with Crippen molar-refractivity contribution in [1.29, 1.82) is 0 Å². The zero-order valence-corrected chi connectivity index (χ0v) is 16.3. The number of carboxylic acids is 1. The summed E-state index contributed by atoms with van der Waals surface area (Å²) in [5.41, 5.74) is 1.34. The molecule has 0 atom stereocenters. The molecule has 29 heavy (non-hydrogen) atoms. The van der Waals surface area contributed by atoms with Gasteiger partial charge in [0.1, 0.15) is 5.75 Å². The average molecular weight is 396 g/mol. The maximum absolute atomic E-state index is 12.9. The first-order valence-electron chi connectivity index (χ1n) is 8.69. The molecule has 1 aliphatic heterocycles. The maximum atomic E-state index is 12.9. The molecule has 7 nitrogen and oxygen atoms in total. The number of hydrogen-bond donors (Lipinski definition) is 1. The second kappa shape index (κ2) is 8.10. The lowest BCUT2D eigenvalue weighted by molar-refractivity contribution is 0.0696. The Morgan fingerprint density at radius 3 is 2.45 bits per heavy atom. The Bertz CT molecular complexity index is 1030. The van der Waals surface area contributed by atoms with Crippen LogP contribution in [0.4, 0.5) is 0 Å². The van der Waals surface area contributed by atoms with Gasteiger partial charge in [0.15, 0.2) is 17.3 Å². The van der Waals surface area contributed by atoms with Crippen molar-refractivity contribution in [3.8, 4) is 23.0 Å². The molecular formula is C22H20O7. The van der Waals surface area contributed by atoms with Crippen molar-refractivity contribution in [3.05, 3.63) is 64.9 Å². The minimum absolute atomic E-state index is 0.0162. The topological polar surface area (TPSA) is 91.3 Å². The van der Waals surface area contributed by atoms with Gasteiger partial charge in [0.05, 0.1) is 32.5 Å². The smallest absolute Gasteiger partial charge is 0.335 e. The number of methoxy groups -OCH3 is 3. The molecule has 1 aliphatic rings. The van der Waals surface area contributed by atoms with Crippen LogP contribution in [0.3, 0.4) is 0 Å². The number of benzene rings is 2. The van der Waals surface area contributed by atoms with E-state index >= 15 is 0 Å². The lowest BCUT2D eigenvalue weighted by atomic mass is 10.00. The van der Waals surface area contributed by atoms with E-state index in [4.69, 9.17) is 18.9 Å². The van der Waals surface area contributed by atoms with Gasteiger partial charge in [-0.25, -0.2) is 4.79 Å². The highest BCUT2D eigenvalue weighted by Gasteiger charge is 2.31. The van der Waals surface area contributed by atoms with Crippen LogP contribution in [0.25, 0.3) is 6.08 Å². The first-order valence-corrected chi connectivity index (χ1v) is 8.69. The molecule has 1 heterocycles. The van der Waals surface area contributed by atoms with Crippen LogP contribution in [0.5, 0.6) is 23.0 Å². The number of aromatic carboxylic acids is 1. The highest BCUT2D eigenvalue weighted by molar-refractivity contribution is 6.15. The fourth-order valence-corrected chi connectivity index (χ4v) is 3.17. The number of ketones is 1. The van der Waals surface area contributed by atoms with Crippen molar-refractivity contribution in [2.75, 3.05) is 21.3 Å². The third-order valence-electron chi connectivity index (χ3n) is 4.48. The number of fused-ring (bicyclic) bond motifs is 1. The zero-order chi connectivity index (χ0) is 21.1. The van der Waals surface area contributed by atoms with Crippen LogP contribution >= 0.6 is 0 Å². The quantitative estimate of drug-likeness (QED) is 0.563. The van der Waals surface area contributed by atoms with Crippen LogP contribution in [0.2, 0.25) is 0 Å². The van der Waals surface area contributed by atoms with Gasteiger partial charge in [-0.2, -0.15) is 0 Å². The predicted molar refractivity (Wildman–Crippen MR) is 106 cm³/mol. The Morgan fingerprint density at radius 2 is 1.86 bits per heavy atom. The Labute approximate surface area is 167 Å². The highest BCUT2D eigenvalue weighted by atomic mass is 16.5. The van der Waals surface area contributed by atoms with Gasteiger partial charge in [0.2, 0.25) is 11.5 Å². The zero-order valence-electron chi connectivity index (χ0n) is 16.3. The summed E-state index contributed by atoms with van der Waals surface area (Å²) in [7, 11) is 4.48. The molecule has 7 heteroatoms. The minimum atomic E-state index is -1.12. The molecule has 0 fully saturated rings. The molecule has 0 saturated heterocycles. The summed E-state index contributed by atoms with van der Waals surface area (Å²) in [5.74, 6) is 0.101. The number of rotatable bonds is 7. The normalized spacial score (nSPS) is 13.6. The van der Waals surface area contributed by atoms with E-state index in [2.05, 4.69) is 6.58 Å². The van der Waals surface area contributed by atoms with Crippen molar-refractivity contribution in [2.45, 2.75) is 6.42 Å². The third kappa shape index (κ3) is 3.54. The summed E-state index contributed by atoms with van der Waals surface area (Å²) in [5, 5.41) is 9.34. The van der Waals surface area contributed by atoms with E-state index < -0.39 is 11.8 Å². The SMILES string of the molecule is C=CCc1cc(C(=O)O)cc2c1OC(=Cc1ccc(OC)c(OC)c1OC)C2=O. The summed E-state index contributed by atoms with van der Waals surface area (Å²) in [6.07, 6.45) is 3.51. The van der Waals surface area contributed by atoms with Gasteiger partial charge < -0.3 is 24.1 Å². The van der Waals surface area contributed by atoms with Crippen molar-refractivity contribution in [2.24, 2.45) is 0 Å². The van der Waals surface area contributed by atoms with Crippen LogP contribution < -0.4 is 18.9 Å². The Morgan fingerprint density at radius 1 is 1.14 bits per heavy atom. The lowest BCUT2D eigenvalue weighted by Gasteiger charge is -2.14. The number of allylic oxidation sites excluding steroid dienone is 2. The molecule has 3 rings (SSSR count). The van der Waals surface area contributed by atoms with Crippen molar-refractivity contribution in [3.63, 3.8) is 0 Å². The van der Waals surface area contributed by atoms with Crippen molar-refractivity contribution >= 4 is 17.8 Å². The Kier molecular flexibility index (Phi) is 5.59. The second-order valence-corrected chi connectivity index (χ2v) is 6.17. The van der Waals surface area contributed by atoms with E-state index in [1.165, 1.54) is 39.5 Å². The van der Waals surface area contributed by atoms with Crippen molar-refractivity contribution in [1.82, 2.24) is 0 Å². The summed E-state index contributed by atoms with van der Waals surface area (Å²) >= 11 is 0. The van der Waals surface area contributed by atoms with Crippen LogP contribution in [-0.2, 0) is 6.42 Å². The van der Waals surface area contributed by atoms with Gasteiger partial charge in [-0.05, 0) is 36.8 Å². The number of ether oxygens (including phenoxy) is 4. The van der Waals surface area contributed by atoms with Crippen LogP contribution in [0, 0.1) is 0 Å². The number of carbonyl (C=O) groups excluding carboxylic acids is 1. The molecule has 2 aromatic carbocycles. The number of carbonyl (C=O) groups is 2. The molecule has 150 valence electrons. The van der Waals surface area contributed by atoms with Gasteiger partial charge >= 0.3 is 5.97 Å². The van der Waals surface area contributed by atoms with Crippen LogP contribution in [0.15, 0.2) is 42.7 Å². The molecule has 0 spiro atoms. The van der Waals surface area contributed by atoms with E-state index in [-0.39, 0.29) is 16.9 Å². The molecule has 0 amide bonds. The van der Waals surface area contributed by atoms with Crippen LogP contribution in [-0.4, -0.2) is 38.2 Å². The van der Waals surface area contributed by atoms with E-state index in [1.807, 2.05) is 0 Å². The number of carboxylic acid groups (broad SMARTS) is 1. The molecule has 2 aromatic rings.